The van der Waals surface area contributed by atoms with Crippen molar-refractivity contribution in [2.75, 3.05) is 14.2 Å². The summed E-state index contributed by atoms with van der Waals surface area (Å²) in [5, 5.41) is 0. The van der Waals surface area contributed by atoms with E-state index in [-0.39, 0.29) is 0 Å². The van der Waals surface area contributed by atoms with E-state index in [0.717, 1.165) is 24.3 Å². The van der Waals surface area contributed by atoms with E-state index in [9.17, 15) is 0 Å². The second-order valence-electron chi connectivity index (χ2n) is 5.80. The molecule has 2 nitrogen and oxygen atoms in total. The highest BCUT2D eigenvalue weighted by Gasteiger charge is 2.22. The predicted octanol–water partition coefficient (Wildman–Crippen LogP) is 4.47. The van der Waals surface area contributed by atoms with Gasteiger partial charge in [-0.25, -0.2) is 0 Å². The topological polar surface area (TPSA) is 12.5 Å². The molecular formula is C16H24BrNO. The number of hydrogen-bond acceptors (Lipinski definition) is 2. The SMILES string of the molecule is COc1ccc(Br)c(CN(C)C2CCCC(C)C2)c1. The van der Waals surface area contributed by atoms with Crippen molar-refractivity contribution in [2.45, 2.75) is 45.2 Å². The molecule has 0 aliphatic heterocycles. The summed E-state index contributed by atoms with van der Waals surface area (Å²) in [5.74, 6) is 1.80. The molecule has 0 N–H and O–H groups in total. The summed E-state index contributed by atoms with van der Waals surface area (Å²) in [5.41, 5.74) is 1.31. The Balaban J connectivity index is 2.03. The second-order valence-corrected chi connectivity index (χ2v) is 6.65. The summed E-state index contributed by atoms with van der Waals surface area (Å²) in [6, 6.07) is 6.93. The highest BCUT2D eigenvalue weighted by molar-refractivity contribution is 9.10. The quantitative estimate of drug-likeness (QED) is 0.809. The zero-order valence-corrected chi connectivity index (χ0v) is 13.7. The van der Waals surface area contributed by atoms with Crippen molar-refractivity contribution in [1.29, 1.82) is 0 Å². The molecule has 2 atom stereocenters. The Bertz CT molecular complexity index is 421. The summed E-state index contributed by atoms with van der Waals surface area (Å²) < 4.78 is 6.48. The Morgan fingerprint density at radius 3 is 2.84 bits per heavy atom. The molecule has 1 fully saturated rings. The number of ether oxygens (including phenoxy) is 1. The molecule has 2 rings (SSSR count). The monoisotopic (exact) mass is 325 g/mol. The fraction of sp³-hybridized carbons (Fsp3) is 0.625. The fourth-order valence-corrected chi connectivity index (χ4v) is 3.37. The van der Waals surface area contributed by atoms with Crippen LogP contribution in [0.5, 0.6) is 5.75 Å². The Labute approximate surface area is 125 Å². The van der Waals surface area contributed by atoms with Gasteiger partial charge in [0.1, 0.15) is 5.75 Å². The molecule has 0 amide bonds. The van der Waals surface area contributed by atoms with Gasteiger partial charge in [0.2, 0.25) is 0 Å². The van der Waals surface area contributed by atoms with Crippen LogP contribution in [0.3, 0.4) is 0 Å². The number of hydrogen-bond donors (Lipinski definition) is 0. The van der Waals surface area contributed by atoms with Crippen LogP contribution in [-0.2, 0) is 6.54 Å². The van der Waals surface area contributed by atoms with E-state index in [2.05, 4.69) is 46.9 Å². The van der Waals surface area contributed by atoms with Gasteiger partial charge < -0.3 is 4.74 Å². The van der Waals surface area contributed by atoms with E-state index >= 15 is 0 Å². The molecule has 0 heterocycles. The standard InChI is InChI=1S/C16H24BrNO/c1-12-5-4-6-14(9-12)18(2)11-13-10-15(19-3)7-8-16(13)17/h7-8,10,12,14H,4-6,9,11H2,1-3H3. The van der Waals surface area contributed by atoms with Gasteiger partial charge in [0.25, 0.3) is 0 Å². The van der Waals surface area contributed by atoms with E-state index in [1.807, 2.05) is 6.07 Å². The lowest BCUT2D eigenvalue weighted by Gasteiger charge is -2.34. The van der Waals surface area contributed by atoms with Gasteiger partial charge in [-0.15, -0.1) is 0 Å². The lowest BCUT2D eigenvalue weighted by molar-refractivity contribution is 0.157. The highest BCUT2D eigenvalue weighted by atomic mass is 79.9. The number of halogens is 1. The van der Waals surface area contributed by atoms with Gasteiger partial charge in [-0.3, -0.25) is 4.90 Å². The smallest absolute Gasteiger partial charge is 0.119 e. The molecule has 1 saturated carbocycles. The van der Waals surface area contributed by atoms with Crippen molar-refractivity contribution >= 4 is 15.9 Å². The zero-order chi connectivity index (χ0) is 13.8. The third-order valence-electron chi connectivity index (χ3n) is 4.20. The maximum atomic E-state index is 5.31. The van der Waals surface area contributed by atoms with Gasteiger partial charge in [-0.05, 0) is 49.6 Å². The van der Waals surface area contributed by atoms with E-state index in [4.69, 9.17) is 4.74 Å². The largest absolute Gasteiger partial charge is 0.497 e. The van der Waals surface area contributed by atoms with E-state index in [1.165, 1.54) is 35.7 Å². The maximum absolute atomic E-state index is 5.31. The van der Waals surface area contributed by atoms with E-state index in [0.29, 0.717) is 0 Å². The van der Waals surface area contributed by atoms with Gasteiger partial charge in [0.05, 0.1) is 7.11 Å². The number of nitrogens with zero attached hydrogens (tertiary/aromatic N) is 1. The molecule has 0 aromatic heterocycles. The molecule has 0 radical (unpaired) electrons. The minimum atomic E-state index is 0.724. The van der Waals surface area contributed by atoms with Crippen LogP contribution in [0.25, 0.3) is 0 Å². The molecule has 3 heteroatoms. The van der Waals surface area contributed by atoms with Gasteiger partial charge in [-0.1, -0.05) is 35.7 Å². The van der Waals surface area contributed by atoms with Crippen LogP contribution in [-0.4, -0.2) is 25.1 Å². The molecule has 106 valence electrons. The molecule has 1 aliphatic carbocycles. The van der Waals surface area contributed by atoms with Gasteiger partial charge in [0, 0.05) is 17.1 Å². The lowest BCUT2D eigenvalue weighted by atomic mass is 9.86. The van der Waals surface area contributed by atoms with Crippen LogP contribution >= 0.6 is 15.9 Å². The fourth-order valence-electron chi connectivity index (χ4n) is 3.00. The van der Waals surface area contributed by atoms with Gasteiger partial charge >= 0.3 is 0 Å². The highest BCUT2D eigenvalue weighted by Crippen LogP contribution is 2.29. The van der Waals surface area contributed by atoms with Crippen LogP contribution in [0.4, 0.5) is 0 Å². The summed E-state index contributed by atoms with van der Waals surface area (Å²) in [7, 11) is 3.97. The lowest BCUT2D eigenvalue weighted by Crippen LogP contribution is -2.35. The van der Waals surface area contributed by atoms with E-state index in [1.54, 1.807) is 7.11 Å². The van der Waals surface area contributed by atoms with Crippen LogP contribution in [0.15, 0.2) is 22.7 Å². The molecule has 1 aromatic rings. The first-order valence-corrected chi connectivity index (χ1v) is 7.92. The third kappa shape index (κ3) is 3.96. The molecule has 1 aromatic carbocycles. The summed E-state index contributed by atoms with van der Waals surface area (Å²) in [6.45, 7) is 3.36. The van der Waals surface area contributed by atoms with Crippen LogP contribution in [0, 0.1) is 5.92 Å². The van der Waals surface area contributed by atoms with Crippen molar-refractivity contribution in [3.8, 4) is 5.75 Å². The number of rotatable bonds is 4. The Morgan fingerprint density at radius 1 is 1.37 bits per heavy atom. The number of methoxy groups -OCH3 is 1. The Hall–Kier alpha value is -0.540. The van der Waals surface area contributed by atoms with Crippen LogP contribution < -0.4 is 4.74 Å². The summed E-state index contributed by atoms with van der Waals surface area (Å²) in [4.78, 5) is 2.50. The van der Waals surface area contributed by atoms with Crippen molar-refractivity contribution in [1.82, 2.24) is 4.90 Å². The number of benzene rings is 1. The Kier molecular flexibility index (Phi) is 5.28. The molecule has 0 spiro atoms. The maximum Gasteiger partial charge on any atom is 0.119 e. The Morgan fingerprint density at radius 2 is 2.16 bits per heavy atom. The molecule has 2 unspecified atom stereocenters. The van der Waals surface area contributed by atoms with E-state index < -0.39 is 0 Å². The minimum absolute atomic E-state index is 0.724. The normalized spacial score (nSPS) is 23.6. The average molecular weight is 326 g/mol. The van der Waals surface area contributed by atoms with Gasteiger partial charge in [0.15, 0.2) is 0 Å². The second kappa shape index (κ2) is 6.76. The molecule has 0 bridgehead atoms. The molecular weight excluding hydrogens is 302 g/mol. The first kappa shape index (κ1) is 14.9. The molecule has 1 aliphatic rings. The first-order valence-electron chi connectivity index (χ1n) is 7.12. The van der Waals surface area contributed by atoms with Crippen molar-refractivity contribution < 1.29 is 4.74 Å². The van der Waals surface area contributed by atoms with Gasteiger partial charge in [-0.2, -0.15) is 0 Å². The van der Waals surface area contributed by atoms with Crippen molar-refractivity contribution in [2.24, 2.45) is 5.92 Å². The summed E-state index contributed by atoms with van der Waals surface area (Å²) >= 11 is 3.64. The van der Waals surface area contributed by atoms with Crippen molar-refractivity contribution in [3.05, 3.63) is 28.2 Å². The third-order valence-corrected chi connectivity index (χ3v) is 4.98. The van der Waals surface area contributed by atoms with Crippen LogP contribution in [0.2, 0.25) is 0 Å². The first-order chi connectivity index (χ1) is 9.10. The predicted molar refractivity (Wildman–Crippen MR) is 83.6 cm³/mol. The van der Waals surface area contributed by atoms with Crippen LogP contribution in [0.1, 0.15) is 38.2 Å². The molecule has 19 heavy (non-hydrogen) atoms. The minimum Gasteiger partial charge on any atom is -0.497 e. The zero-order valence-electron chi connectivity index (χ0n) is 12.2. The average Bonchev–Trinajstić information content (AvgIpc) is 2.41. The van der Waals surface area contributed by atoms with Crippen molar-refractivity contribution in [3.63, 3.8) is 0 Å². The molecule has 0 saturated heterocycles. The summed E-state index contributed by atoms with van der Waals surface area (Å²) in [6.07, 6.45) is 5.43.